The second-order valence-corrected chi connectivity index (χ2v) is 6.56. The number of hydrazone groups is 1. The van der Waals surface area contributed by atoms with E-state index in [1.165, 1.54) is 18.3 Å². The van der Waals surface area contributed by atoms with Gasteiger partial charge in [-0.2, -0.15) is 5.10 Å². The molecule has 1 aromatic rings. The minimum absolute atomic E-state index is 0.0923. The Morgan fingerprint density at radius 3 is 2.62 bits per heavy atom. The van der Waals surface area contributed by atoms with Crippen LogP contribution in [0.2, 0.25) is 5.02 Å². The number of aliphatic hydroxyl groups excluding tert-OH is 1. The molecule has 7 heteroatoms. The van der Waals surface area contributed by atoms with Crippen molar-refractivity contribution in [2.75, 3.05) is 13.6 Å². The summed E-state index contributed by atoms with van der Waals surface area (Å²) in [6.07, 6.45) is 3.03. The van der Waals surface area contributed by atoms with E-state index in [0.29, 0.717) is 11.6 Å². The standard InChI is InChI=1S/C17H18ClN3O3/c1-19-16(24)13-8-14(22)15(23)9-21(20-13)10-17(6-7-17)11-2-4-12(18)5-3-11/h2-5,9,23H,6-8,10H2,1H3,(H,19,24). The molecule has 3 rings (SSSR count). The van der Waals surface area contributed by atoms with Gasteiger partial charge in [0.25, 0.3) is 5.91 Å². The van der Waals surface area contributed by atoms with Crippen molar-refractivity contribution >= 4 is 29.0 Å². The average Bonchev–Trinajstić information content (AvgIpc) is 3.35. The largest absolute Gasteiger partial charge is 0.503 e. The average molecular weight is 348 g/mol. The minimum atomic E-state index is -0.517. The smallest absolute Gasteiger partial charge is 0.267 e. The van der Waals surface area contributed by atoms with Crippen LogP contribution in [0.25, 0.3) is 0 Å². The fourth-order valence-corrected chi connectivity index (χ4v) is 2.95. The highest BCUT2D eigenvalue weighted by molar-refractivity contribution is 6.42. The van der Waals surface area contributed by atoms with E-state index in [9.17, 15) is 14.7 Å². The lowest BCUT2D eigenvalue weighted by Gasteiger charge is -2.22. The molecule has 1 heterocycles. The van der Waals surface area contributed by atoms with Gasteiger partial charge in [0.05, 0.1) is 19.2 Å². The highest BCUT2D eigenvalue weighted by atomic mass is 35.5. The van der Waals surface area contributed by atoms with Crippen LogP contribution in [-0.4, -0.2) is 41.1 Å². The van der Waals surface area contributed by atoms with E-state index in [2.05, 4.69) is 10.4 Å². The van der Waals surface area contributed by atoms with Crippen molar-refractivity contribution in [3.63, 3.8) is 0 Å². The zero-order valence-corrected chi connectivity index (χ0v) is 14.0. The van der Waals surface area contributed by atoms with Gasteiger partial charge >= 0.3 is 0 Å². The van der Waals surface area contributed by atoms with Crippen LogP contribution in [0.5, 0.6) is 0 Å². The Balaban J connectivity index is 1.87. The fourth-order valence-electron chi connectivity index (χ4n) is 2.83. The molecule has 0 spiro atoms. The summed E-state index contributed by atoms with van der Waals surface area (Å²) in [6.45, 7) is 0.479. The first-order chi connectivity index (χ1) is 11.4. The maximum Gasteiger partial charge on any atom is 0.267 e. The summed E-state index contributed by atoms with van der Waals surface area (Å²) in [6, 6.07) is 7.64. The first-order valence-electron chi connectivity index (χ1n) is 7.70. The zero-order chi connectivity index (χ0) is 17.3. The molecule has 0 saturated heterocycles. The number of amides is 1. The molecule has 2 aliphatic rings. The van der Waals surface area contributed by atoms with Crippen molar-refractivity contribution in [3.8, 4) is 0 Å². The second-order valence-electron chi connectivity index (χ2n) is 6.12. The molecule has 1 aromatic carbocycles. The molecule has 1 fully saturated rings. The molecule has 0 aromatic heterocycles. The highest BCUT2D eigenvalue weighted by Gasteiger charge is 2.45. The highest BCUT2D eigenvalue weighted by Crippen LogP contribution is 2.49. The van der Waals surface area contributed by atoms with Crippen LogP contribution < -0.4 is 5.32 Å². The predicted octanol–water partition coefficient (Wildman–Crippen LogP) is 2.15. The number of carbonyl (C=O) groups excluding carboxylic acids is 2. The molecule has 2 N–H and O–H groups in total. The predicted molar refractivity (Wildman–Crippen MR) is 90.9 cm³/mol. The maximum atomic E-state index is 11.9. The molecular formula is C17H18ClN3O3. The number of Topliss-reactive ketones (excluding diaryl/α,β-unsaturated/α-hetero) is 1. The van der Waals surface area contributed by atoms with Gasteiger partial charge in [0.1, 0.15) is 5.71 Å². The van der Waals surface area contributed by atoms with Crippen molar-refractivity contribution in [1.29, 1.82) is 0 Å². The molecular weight excluding hydrogens is 330 g/mol. The maximum absolute atomic E-state index is 11.9. The van der Waals surface area contributed by atoms with E-state index in [-0.39, 0.29) is 23.3 Å². The van der Waals surface area contributed by atoms with Crippen molar-refractivity contribution in [3.05, 3.63) is 46.8 Å². The number of rotatable bonds is 4. The Kier molecular flexibility index (Phi) is 4.32. The number of nitrogens with zero attached hydrogens (tertiary/aromatic N) is 2. The summed E-state index contributed by atoms with van der Waals surface area (Å²) < 4.78 is 0. The van der Waals surface area contributed by atoms with Crippen LogP contribution in [0.15, 0.2) is 41.3 Å². The summed E-state index contributed by atoms with van der Waals surface area (Å²) in [4.78, 5) is 23.7. The number of benzene rings is 1. The van der Waals surface area contributed by atoms with Crippen LogP contribution in [0.3, 0.4) is 0 Å². The number of allylic oxidation sites excluding steroid dienone is 1. The molecule has 1 aliphatic heterocycles. The number of carbonyl (C=O) groups is 2. The molecule has 0 radical (unpaired) electrons. The van der Waals surface area contributed by atoms with E-state index in [4.69, 9.17) is 11.6 Å². The lowest BCUT2D eigenvalue weighted by atomic mass is 9.96. The van der Waals surface area contributed by atoms with Crippen molar-refractivity contribution in [1.82, 2.24) is 10.3 Å². The number of ketones is 1. The van der Waals surface area contributed by atoms with Crippen molar-refractivity contribution in [2.24, 2.45) is 5.10 Å². The molecule has 6 nitrogen and oxygen atoms in total. The summed E-state index contributed by atoms with van der Waals surface area (Å²) in [7, 11) is 1.48. The second kappa shape index (κ2) is 6.28. The first kappa shape index (κ1) is 16.5. The zero-order valence-electron chi connectivity index (χ0n) is 13.3. The summed E-state index contributed by atoms with van der Waals surface area (Å²) >= 11 is 5.94. The van der Waals surface area contributed by atoms with Crippen molar-refractivity contribution in [2.45, 2.75) is 24.7 Å². The number of hydrogen-bond acceptors (Lipinski definition) is 5. The molecule has 126 valence electrons. The van der Waals surface area contributed by atoms with Crippen LogP contribution in [0.1, 0.15) is 24.8 Å². The van der Waals surface area contributed by atoms with Gasteiger partial charge in [-0.05, 0) is 30.5 Å². The monoisotopic (exact) mass is 347 g/mol. The van der Waals surface area contributed by atoms with E-state index in [1.807, 2.05) is 24.3 Å². The topological polar surface area (TPSA) is 82.0 Å². The van der Waals surface area contributed by atoms with Gasteiger partial charge < -0.3 is 10.4 Å². The first-order valence-corrected chi connectivity index (χ1v) is 8.07. The van der Waals surface area contributed by atoms with E-state index < -0.39 is 11.7 Å². The normalized spacial score (nSPS) is 19.2. The van der Waals surface area contributed by atoms with Gasteiger partial charge in [-0.15, -0.1) is 0 Å². The van der Waals surface area contributed by atoms with Crippen LogP contribution in [-0.2, 0) is 15.0 Å². The van der Waals surface area contributed by atoms with E-state index in [1.54, 1.807) is 0 Å². The van der Waals surface area contributed by atoms with Crippen LogP contribution in [0, 0.1) is 0 Å². The van der Waals surface area contributed by atoms with Gasteiger partial charge in [0, 0.05) is 17.5 Å². The lowest BCUT2D eigenvalue weighted by molar-refractivity contribution is -0.118. The third-order valence-electron chi connectivity index (χ3n) is 4.40. The molecule has 1 aliphatic carbocycles. The third kappa shape index (κ3) is 3.28. The number of hydrogen-bond donors (Lipinski definition) is 2. The van der Waals surface area contributed by atoms with E-state index >= 15 is 0 Å². The minimum Gasteiger partial charge on any atom is -0.503 e. The Bertz CT molecular complexity index is 736. The Morgan fingerprint density at radius 2 is 2.04 bits per heavy atom. The van der Waals surface area contributed by atoms with Crippen LogP contribution >= 0.6 is 11.6 Å². The quantitative estimate of drug-likeness (QED) is 0.874. The summed E-state index contributed by atoms with van der Waals surface area (Å²) in [5.41, 5.74) is 1.12. The third-order valence-corrected chi connectivity index (χ3v) is 4.65. The molecule has 1 saturated carbocycles. The Hall–Kier alpha value is -2.34. The molecule has 0 atom stereocenters. The fraction of sp³-hybridized carbons (Fsp3) is 0.353. The number of nitrogens with one attached hydrogen (secondary N) is 1. The molecule has 1 amide bonds. The van der Waals surface area contributed by atoms with Gasteiger partial charge in [0.15, 0.2) is 5.76 Å². The van der Waals surface area contributed by atoms with Crippen molar-refractivity contribution < 1.29 is 14.7 Å². The van der Waals surface area contributed by atoms with Gasteiger partial charge in [0.2, 0.25) is 5.78 Å². The lowest BCUT2D eigenvalue weighted by Crippen LogP contribution is -2.31. The SMILES string of the molecule is CNC(=O)C1=NN(CC2(c3ccc(Cl)cc3)CC2)C=C(O)C(=O)C1. The molecule has 24 heavy (non-hydrogen) atoms. The number of halogens is 1. The Morgan fingerprint density at radius 1 is 1.38 bits per heavy atom. The van der Waals surface area contributed by atoms with E-state index in [0.717, 1.165) is 18.4 Å². The molecule has 0 unspecified atom stereocenters. The van der Waals surface area contributed by atoms with Gasteiger partial charge in [-0.25, -0.2) is 0 Å². The summed E-state index contributed by atoms with van der Waals surface area (Å²) in [5, 5.41) is 18.8. The van der Waals surface area contributed by atoms with Gasteiger partial charge in [-0.3, -0.25) is 14.6 Å². The summed E-state index contributed by atoms with van der Waals surface area (Å²) in [5.74, 6) is -1.33. The van der Waals surface area contributed by atoms with Gasteiger partial charge in [-0.1, -0.05) is 23.7 Å². The van der Waals surface area contributed by atoms with Crippen LogP contribution in [0.4, 0.5) is 0 Å². The Labute approximate surface area is 144 Å². The molecule has 0 bridgehead atoms. The number of aliphatic hydroxyl groups is 1.